The summed E-state index contributed by atoms with van der Waals surface area (Å²) in [5.74, 6) is 0.266. The molecule has 1 aromatic rings. The third-order valence-electron chi connectivity index (χ3n) is 6.17. The molecule has 4 rings (SSSR count). The minimum Gasteiger partial charge on any atom is -0.325 e. The Labute approximate surface area is 174 Å². The summed E-state index contributed by atoms with van der Waals surface area (Å²) in [6.07, 6.45) is 8.98. The molecular formula is C22H32N3O3S+. The molecule has 0 unspecified atom stereocenters. The predicted molar refractivity (Wildman–Crippen MR) is 113 cm³/mol. The highest BCUT2D eigenvalue weighted by Gasteiger charge is 2.37. The van der Waals surface area contributed by atoms with Gasteiger partial charge < -0.3 is 9.80 Å². The smallest absolute Gasteiger partial charge is 0.282 e. The number of quaternary nitrogens is 1. The molecule has 1 amide bonds. The van der Waals surface area contributed by atoms with Crippen molar-refractivity contribution in [2.24, 2.45) is 0 Å². The fourth-order valence-electron chi connectivity index (χ4n) is 4.40. The van der Waals surface area contributed by atoms with Gasteiger partial charge in [-0.2, -0.15) is 4.31 Å². The standard InChI is InChI=1S/C22H31N3O3S/c26-22(25(21-11-12-21)20-9-5-2-6-10-20)17-23-13-15-24(16-14-23)29(27,28)18-19-7-3-1-4-8-19/h1,3-4,7-9,21H,2,5-6,10-18H2/p+1. The van der Waals surface area contributed by atoms with Gasteiger partial charge >= 0.3 is 0 Å². The van der Waals surface area contributed by atoms with E-state index in [1.165, 1.54) is 23.4 Å². The van der Waals surface area contributed by atoms with Gasteiger partial charge in [-0.15, -0.1) is 0 Å². The molecule has 2 fully saturated rings. The quantitative estimate of drug-likeness (QED) is 0.723. The van der Waals surface area contributed by atoms with Crippen molar-refractivity contribution in [3.63, 3.8) is 0 Å². The maximum absolute atomic E-state index is 13.0. The van der Waals surface area contributed by atoms with Crippen molar-refractivity contribution in [3.8, 4) is 0 Å². The molecular weight excluding hydrogens is 386 g/mol. The summed E-state index contributed by atoms with van der Waals surface area (Å²) in [6.45, 7) is 2.84. The number of carbonyl (C=O) groups excluding carboxylic acids is 1. The molecule has 1 aliphatic heterocycles. The van der Waals surface area contributed by atoms with E-state index >= 15 is 0 Å². The number of piperazine rings is 1. The Morgan fingerprint density at radius 1 is 1.10 bits per heavy atom. The van der Waals surface area contributed by atoms with Crippen LogP contribution in [0.3, 0.4) is 0 Å². The fraction of sp³-hybridized carbons (Fsp3) is 0.591. The van der Waals surface area contributed by atoms with Gasteiger partial charge in [0.15, 0.2) is 6.54 Å². The minimum absolute atomic E-state index is 0.0473. The normalized spacial score (nSPS) is 21.6. The molecule has 1 saturated heterocycles. The number of sulfonamides is 1. The highest BCUT2D eigenvalue weighted by molar-refractivity contribution is 7.88. The van der Waals surface area contributed by atoms with Crippen LogP contribution in [-0.2, 0) is 20.6 Å². The number of allylic oxidation sites excluding steroid dienone is 2. The molecule has 7 heteroatoms. The molecule has 0 atom stereocenters. The van der Waals surface area contributed by atoms with Gasteiger partial charge in [-0.05, 0) is 44.1 Å². The lowest BCUT2D eigenvalue weighted by atomic mass is 10.0. The van der Waals surface area contributed by atoms with Gasteiger partial charge in [-0.25, -0.2) is 8.42 Å². The van der Waals surface area contributed by atoms with Crippen LogP contribution in [0, 0.1) is 0 Å². The Balaban J connectivity index is 1.31. The number of rotatable bonds is 7. The van der Waals surface area contributed by atoms with Crippen LogP contribution in [-0.4, -0.2) is 62.3 Å². The fourth-order valence-corrected chi connectivity index (χ4v) is 5.94. The summed E-state index contributed by atoms with van der Waals surface area (Å²) in [5.41, 5.74) is 2.05. The Morgan fingerprint density at radius 2 is 1.83 bits per heavy atom. The first-order valence-electron chi connectivity index (χ1n) is 10.9. The van der Waals surface area contributed by atoms with Crippen molar-refractivity contribution < 1.29 is 18.1 Å². The second-order valence-electron chi connectivity index (χ2n) is 8.50. The van der Waals surface area contributed by atoms with E-state index in [9.17, 15) is 13.2 Å². The van der Waals surface area contributed by atoms with Gasteiger partial charge in [-0.1, -0.05) is 36.4 Å². The summed E-state index contributed by atoms with van der Waals surface area (Å²) in [4.78, 5) is 16.3. The van der Waals surface area contributed by atoms with Crippen LogP contribution in [0.4, 0.5) is 0 Å². The van der Waals surface area contributed by atoms with Crippen molar-refractivity contribution in [1.29, 1.82) is 0 Å². The van der Waals surface area contributed by atoms with Gasteiger partial charge in [0.05, 0.1) is 31.9 Å². The molecule has 1 saturated carbocycles. The zero-order valence-corrected chi connectivity index (χ0v) is 17.9. The van der Waals surface area contributed by atoms with E-state index in [2.05, 4.69) is 11.0 Å². The van der Waals surface area contributed by atoms with E-state index < -0.39 is 10.0 Å². The van der Waals surface area contributed by atoms with E-state index in [4.69, 9.17) is 0 Å². The van der Waals surface area contributed by atoms with Crippen molar-refractivity contribution in [2.45, 2.75) is 50.3 Å². The maximum atomic E-state index is 13.0. The van der Waals surface area contributed by atoms with Gasteiger partial charge in [0.2, 0.25) is 10.0 Å². The van der Waals surface area contributed by atoms with Crippen molar-refractivity contribution >= 4 is 15.9 Å². The van der Waals surface area contributed by atoms with E-state index in [-0.39, 0.29) is 11.7 Å². The number of nitrogens with zero attached hydrogens (tertiary/aromatic N) is 2. The molecule has 158 valence electrons. The molecule has 1 N–H and O–H groups in total. The van der Waals surface area contributed by atoms with E-state index in [1.54, 1.807) is 4.31 Å². The first kappa shape index (κ1) is 20.6. The number of nitrogens with one attached hydrogen (secondary N) is 1. The molecule has 1 aromatic carbocycles. The van der Waals surface area contributed by atoms with Crippen LogP contribution in [0.25, 0.3) is 0 Å². The van der Waals surface area contributed by atoms with E-state index in [1.807, 2.05) is 30.3 Å². The van der Waals surface area contributed by atoms with Crippen LogP contribution >= 0.6 is 0 Å². The second kappa shape index (κ2) is 8.98. The van der Waals surface area contributed by atoms with Crippen LogP contribution in [0.5, 0.6) is 0 Å². The summed E-state index contributed by atoms with van der Waals surface area (Å²) in [7, 11) is -3.31. The van der Waals surface area contributed by atoms with Crippen molar-refractivity contribution in [3.05, 3.63) is 47.7 Å². The molecule has 2 aliphatic carbocycles. The van der Waals surface area contributed by atoms with E-state index in [0.29, 0.717) is 38.8 Å². The molecule has 0 bridgehead atoms. The predicted octanol–water partition coefficient (Wildman–Crippen LogP) is 1.17. The summed E-state index contributed by atoms with van der Waals surface area (Å²) in [6, 6.07) is 9.73. The topological polar surface area (TPSA) is 62.1 Å². The summed E-state index contributed by atoms with van der Waals surface area (Å²) >= 11 is 0. The monoisotopic (exact) mass is 418 g/mol. The number of hydrogen-bond donors (Lipinski definition) is 1. The average Bonchev–Trinajstić information content (AvgIpc) is 3.55. The second-order valence-corrected chi connectivity index (χ2v) is 10.5. The Bertz CT molecular complexity index is 841. The molecule has 3 aliphatic rings. The summed E-state index contributed by atoms with van der Waals surface area (Å²) in [5, 5.41) is 0. The zero-order valence-electron chi connectivity index (χ0n) is 17.1. The minimum atomic E-state index is -3.31. The first-order valence-corrected chi connectivity index (χ1v) is 12.5. The highest BCUT2D eigenvalue weighted by Crippen LogP contribution is 2.33. The van der Waals surface area contributed by atoms with Crippen LogP contribution in [0.15, 0.2) is 42.1 Å². The lowest BCUT2D eigenvalue weighted by Gasteiger charge is -2.33. The Hall–Kier alpha value is -1.70. The lowest BCUT2D eigenvalue weighted by molar-refractivity contribution is -0.895. The van der Waals surface area contributed by atoms with Gasteiger partial charge in [-0.3, -0.25) is 4.79 Å². The van der Waals surface area contributed by atoms with Gasteiger partial charge in [0.25, 0.3) is 5.91 Å². The number of amides is 1. The van der Waals surface area contributed by atoms with E-state index in [0.717, 1.165) is 31.2 Å². The van der Waals surface area contributed by atoms with Gasteiger partial charge in [0, 0.05) is 11.7 Å². The largest absolute Gasteiger partial charge is 0.325 e. The van der Waals surface area contributed by atoms with Crippen molar-refractivity contribution in [2.75, 3.05) is 32.7 Å². The maximum Gasteiger partial charge on any atom is 0.282 e. The van der Waals surface area contributed by atoms with Crippen LogP contribution in [0.2, 0.25) is 0 Å². The zero-order chi connectivity index (χ0) is 20.3. The Kier molecular flexibility index (Phi) is 6.37. The molecule has 1 heterocycles. The molecule has 0 spiro atoms. The average molecular weight is 419 g/mol. The SMILES string of the molecule is O=C(C[NH+]1CCN(S(=O)(=O)Cc2ccccc2)CC1)N(C1=CCCCC1)C1CC1. The number of hydrogen-bond acceptors (Lipinski definition) is 3. The molecule has 29 heavy (non-hydrogen) atoms. The number of benzene rings is 1. The third kappa shape index (κ3) is 5.27. The van der Waals surface area contributed by atoms with Crippen LogP contribution in [0.1, 0.15) is 44.1 Å². The van der Waals surface area contributed by atoms with Crippen molar-refractivity contribution in [1.82, 2.24) is 9.21 Å². The molecule has 6 nitrogen and oxygen atoms in total. The summed E-state index contributed by atoms with van der Waals surface area (Å²) < 4.78 is 27.1. The molecule has 0 aromatic heterocycles. The third-order valence-corrected chi connectivity index (χ3v) is 8.02. The van der Waals surface area contributed by atoms with Gasteiger partial charge in [0.1, 0.15) is 0 Å². The molecule has 0 radical (unpaired) electrons. The Morgan fingerprint density at radius 3 is 2.45 bits per heavy atom. The first-order chi connectivity index (χ1) is 14.0. The highest BCUT2D eigenvalue weighted by atomic mass is 32.2. The number of carbonyl (C=O) groups is 1. The lowest BCUT2D eigenvalue weighted by Crippen LogP contribution is -3.15. The van der Waals surface area contributed by atoms with Crippen LogP contribution < -0.4 is 4.90 Å².